The Balaban J connectivity index is 0.00000144. The molecule has 0 aliphatic heterocycles. The summed E-state index contributed by atoms with van der Waals surface area (Å²) in [6, 6.07) is 0. The van der Waals surface area contributed by atoms with Crippen molar-refractivity contribution in [3.8, 4) is 0 Å². The molecular weight excluding hydrogens is 208 g/mol. The fraction of sp³-hybridized carbons (Fsp3) is 0.636. The van der Waals surface area contributed by atoms with Gasteiger partial charge in [-0.15, -0.1) is 0 Å². The first-order valence-corrected chi connectivity index (χ1v) is 7.73. The molecule has 0 aromatic carbocycles. The maximum absolute atomic E-state index is 2.43. The second-order valence-corrected chi connectivity index (χ2v) is 7.20. The first-order valence-electron chi connectivity index (χ1n) is 4.85. The molecule has 1 rings (SSSR count). The van der Waals surface area contributed by atoms with Gasteiger partial charge in [-0.05, 0) is 32.3 Å². The molecule has 0 nitrogen and oxygen atoms in total. The van der Waals surface area contributed by atoms with Gasteiger partial charge in [-0.3, -0.25) is 0 Å². The summed E-state index contributed by atoms with van der Waals surface area (Å²) < 4.78 is 0. The van der Waals surface area contributed by atoms with Crippen molar-refractivity contribution in [2.45, 2.75) is 40.8 Å². The SMILES string of the molecule is CC1=C(C)C(C)C([SiH](C)C)=C1C.[Ti]. The first-order chi connectivity index (χ1) is 5.46. The van der Waals surface area contributed by atoms with Gasteiger partial charge in [0.1, 0.15) is 0 Å². The molecule has 0 saturated heterocycles. The van der Waals surface area contributed by atoms with Gasteiger partial charge >= 0.3 is 0 Å². The van der Waals surface area contributed by atoms with Crippen LogP contribution in [-0.4, -0.2) is 8.80 Å². The van der Waals surface area contributed by atoms with Crippen LogP contribution in [0.25, 0.3) is 0 Å². The maximum atomic E-state index is 2.43. The van der Waals surface area contributed by atoms with Gasteiger partial charge in [0, 0.05) is 21.7 Å². The van der Waals surface area contributed by atoms with Crippen molar-refractivity contribution in [2.75, 3.05) is 0 Å². The fourth-order valence-electron chi connectivity index (χ4n) is 2.33. The van der Waals surface area contributed by atoms with Crippen LogP contribution in [0.15, 0.2) is 21.9 Å². The Morgan fingerprint density at radius 1 is 1.00 bits per heavy atom. The minimum absolute atomic E-state index is 0. The summed E-state index contributed by atoms with van der Waals surface area (Å²) >= 11 is 0. The van der Waals surface area contributed by atoms with Crippen LogP contribution in [0.4, 0.5) is 0 Å². The molecule has 1 unspecified atom stereocenters. The quantitative estimate of drug-likeness (QED) is 0.604. The summed E-state index contributed by atoms with van der Waals surface area (Å²) in [6.45, 7) is 14.1. The van der Waals surface area contributed by atoms with Crippen LogP contribution in [0.5, 0.6) is 0 Å². The van der Waals surface area contributed by atoms with Crippen LogP contribution in [-0.2, 0) is 21.7 Å². The van der Waals surface area contributed by atoms with Crippen LogP contribution < -0.4 is 0 Å². The zero-order chi connectivity index (χ0) is 9.46. The number of hydrogen-bond acceptors (Lipinski definition) is 0. The standard InChI is InChI=1S/C11H20Si.Ti/c1-7-8(2)10(4)11(9(7)3)12(5)6;/h9,12H,1-6H3;. The van der Waals surface area contributed by atoms with E-state index in [1.54, 1.807) is 21.9 Å². The molecular formula is C11H20SiTi. The van der Waals surface area contributed by atoms with E-state index in [4.69, 9.17) is 0 Å². The predicted molar refractivity (Wildman–Crippen MR) is 59.1 cm³/mol. The molecule has 0 N–H and O–H groups in total. The van der Waals surface area contributed by atoms with E-state index < -0.39 is 8.80 Å². The summed E-state index contributed by atoms with van der Waals surface area (Å²) in [4.78, 5) is 0. The molecule has 0 fully saturated rings. The van der Waals surface area contributed by atoms with Gasteiger partial charge in [-0.25, -0.2) is 0 Å². The second-order valence-electron chi connectivity index (χ2n) is 4.26. The molecule has 0 heterocycles. The molecule has 2 heteroatoms. The first kappa shape index (κ1) is 13.4. The molecule has 1 aliphatic rings. The van der Waals surface area contributed by atoms with Crippen molar-refractivity contribution in [2.24, 2.45) is 5.92 Å². The van der Waals surface area contributed by atoms with Crippen molar-refractivity contribution in [1.29, 1.82) is 0 Å². The Morgan fingerprint density at radius 3 is 1.62 bits per heavy atom. The molecule has 1 aliphatic carbocycles. The summed E-state index contributed by atoms with van der Waals surface area (Å²) in [6.07, 6.45) is 0. The summed E-state index contributed by atoms with van der Waals surface area (Å²) in [7, 11) is -0.578. The number of allylic oxidation sites excluding steroid dienone is 4. The zero-order valence-corrected chi connectivity index (χ0v) is 12.4. The Morgan fingerprint density at radius 2 is 1.46 bits per heavy atom. The van der Waals surface area contributed by atoms with E-state index >= 15 is 0 Å². The minimum atomic E-state index is -0.578. The Labute approximate surface area is 99.0 Å². The third-order valence-electron chi connectivity index (χ3n) is 3.33. The summed E-state index contributed by atoms with van der Waals surface area (Å²) in [5.41, 5.74) is 4.75. The number of rotatable bonds is 1. The smallest absolute Gasteiger partial charge is 0.0607 e. The van der Waals surface area contributed by atoms with E-state index in [9.17, 15) is 0 Å². The van der Waals surface area contributed by atoms with E-state index in [0.717, 1.165) is 5.92 Å². The summed E-state index contributed by atoms with van der Waals surface area (Å²) in [5.74, 6) is 0.747. The van der Waals surface area contributed by atoms with Gasteiger partial charge in [-0.2, -0.15) is 0 Å². The average Bonchev–Trinajstić information content (AvgIpc) is 2.16. The molecule has 0 aromatic rings. The number of hydrogen-bond donors (Lipinski definition) is 0. The Bertz CT molecular complexity index is 261. The molecule has 0 spiro atoms. The third-order valence-corrected chi connectivity index (χ3v) is 5.50. The van der Waals surface area contributed by atoms with Crippen molar-refractivity contribution >= 4 is 8.80 Å². The molecule has 1 atom stereocenters. The molecule has 0 radical (unpaired) electrons. The molecule has 0 amide bonds. The molecule has 72 valence electrons. The fourth-order valence-corrected chi connectivity index (χ4v) is 4.66. The van der Waals surface area contributed by atoms with Crippen LogP contribution >= 0.6 is 0 Å². The Hall–Kier alpha value is 0.411. The van der Waals surface area contributed by atoms with Gasteiger partial charge < -0.3 is 0 Å². The monoisotopic (exact) mass is 228 g/mol. The minimum Gasteiger partial charge on any atom is -0.0748 e. The van der Waals surface area contributed by atoms with Crippen molar-refractivity contribution in [3.63, 3.8) is 0 Å². The summed E-state index contributed by atoms with van der Waals surface area (Å²) in [5, 5.41) is 1.78. The van der Waals surface area contributed by atoms with Gasteiger partial charge in [-0.1, -0.05) is 36.4 Å². The Kier molecular flexibility index (Phi) is 4.92. The van der Waals surface area contributed by atoms with Crippen molar-refractivity contribution < 1.29 is 21.7 Å². The van der Waals surface area contributed by atoms with E-state index in [1.807, 2.05) is 0 Å². The van der Waals surface area contributed by atoms with Crippen molar-refractivity contribution in [1.82, 2.24) is 0 Å². The van der Waals surface area contributed by atoms with Gasteiger partial charge in [0.05, 0.1) is 8.80 Å². The van der Waals surface area contributed by atoms with Gasteiger partial charge in [0.15, 0.2) is 0 Å². The van der Waals surface area contributed by atoms with Crippen molar-refractivity contribution in [3.05, 3.63) is 21.9 Å². The third kappa shape index (κ3) is 2.26. The van der Waals surface area contributed by atoms with Gasteiger partial charge in [0.25, 0.3) is 0 Å². The molecule has 13 heavy (non-hydrogen) atoms. The second kappa shape index (κ2) is 4.77. The maximum Gasteiger partial charge on any atom is 0.0607 e. The van der Waals surface area contributed by atoms with Crippen LogP contribution in [0.2, 0.25) is 13.1 Å². The average molecular weight is 228 g/mol. The van der Waals surface area contributed by atoms with E-state index in [1.165, 1.54) is 0 Å². The van der Waals surface area contributed by atoms with Crippen LogP contribution in [0.1, 0.15) is 27.7 Å². The molecule has 0 bridgehead atoms. The molecule has 0 aromatic heterocycles. The van der Waals surface area contributed by atoms with Gasteiger partial charge in [0.2, 0.25) is 0 Å². The van der Waals surface area contributed by atoms with Crippen LogP contribution in [0, 0.1) is 5.92 Å². The van der Waals surface area contributed by atoms with Crippen LogP contribution in [0.3, 0.4) is 0 Å². The van der Waals surface area contributed by atoms with E-state index in [-0.39, 0.29) is 21.7 Å². The van der Waals surface area contributed by atoms with E-state index in [0.29, 0.717) is 0 Å². The molecule has 0 saturated carbocycles. The zero-order valence-electron chi connectivity index (χ0n) is 9.65. The normalized spacial score (nSPS) is 22.8. The predicted octanol–water partition coefficient (Wildman–Crippen LogP) is 3.31. The topological polar surface area (TPSA) is 0 Å². The van der Waals surface area contributed by atoms with E-state index in [2.05, 4.69) is 40.8 Å². The largest absolute Gasteiger partial charge is 0.0748 e.